The summed E-state index contributed by atoms with van der Waals surface area (Å²) in [6.45, 7) is 0.183. The van der Waals surface area contributed by atoms with Crippen molar-refractivity contribution in [1.29, 1.82) is 0 Å². The van der Waals surface area contributed by atoms with Gasteiger partial charge in [-0.25, -0.2) is 8.78 Å². The van der Waals surface area contributed by atoms with E-state index in [1.807, 2.05) is 0 Å². The Morgan fingerprint density at radius 3 is 2.10 bits per heavy atom. The van der Waals surface area contributed by atoms with Gasteiger partial charge in [0.1, 0.15) is 0 Å². The second-order valence-electron chi connectivity index (χ2n) is 4.13. The Bertz CT molecular complexity index is 593. The zero-order valence-electron chi connectivity index (χ0n) is 10.1. The van der Waals surface area contributed by atoms with Gasteiger partial charge in [-0.3, -0.25) is 0 Å². The lowest BCUT2D eigenvalue weighted by molar-refractivity contribution is -0.140. The van der Waals surface area contributed by atoms with Crippen molar-refractivity contribution in [3.05, 3.63) is 65.2 Å². The molecule has 0 amide bonds. The molecule has 106 valence electrons. The first kappa shape index (κ1) is 14.3. The average Bonchev–Trinajstić information content (AvgIpc) is 2.40. The predicted octanol–water partition coefficient (Wildman–Crippen LogP) is 4.60. The molecular weight excluding hydrogens is 277 g/mol. The second-order valence-corrected chi connectivity index (χ2v) is 4.13. The molecule has 0 radical (unpaired) electrons. The van der Waals surface area contributed by atoms with Crippen LogP contribution in [0.25, 0.3) is 0 Å². The molecule has 2 aromatic rings. The lowest BCUT2D eigenvalue weighted by Crippen LogP contribution is -2.11. The topological polar surface area (TPSA) is 12.0 Å². The Labute approximate surface area is 112 Å². The summed E-state index contributed by atoms with van der Waals surface area (Å²) in [6.07, 6.45) is -4.91. The van der Waals surface area contributed by atoms with E-state index in [0.717, 1.165) is 11.6 Å². The van der Waals surface area contributed by atoms with Crippen LogP contribution in [-0.4, -0.2) is 0 Å². The minimum atomic E-state index is -4.91. The predicted molar refractivity (Wildman–Crippen MR) is 65.1 cm³/mol. The Morgan fingerprint density at radius 2 is 1.50 bits per heavy atom. The number of halogens is 5. The average molecular weight is 287 g/mol. The van der Waals surface area contributed by atoms with Crippen molar-refractivity contribution in [1.82, 2.24) is 0 Å². The highest BCUT2D eigenvalue weighted by Crippen LogP contribution is 2.34. The Kier molecular flexibility index (Phi) is 3.92. The van der Waals surface area contributed by atoms with Crippen LogP contribution in [0.5, 0.6) is 0 Å². The van der Waals surface area contributed by atoms with Crippen LogP contribution in [0, 0.1) is 11.6 Å². The van der Waals surface area contributed by atoms with Crippen LogP contribution in [0.15, 0.2) is 42.5 Å². The summed E-state index contributed by atoms with van der Waals surface area (Å²) >= 11 is 0. The van der Waals surface area contributed by atoms with Gasteiger partial charge in [0.15, 0.2) is 11.6 Å². The van der Waals surface area contributed by atoms with Crippen LogP contribution in [0.1, 0.15) is 11.1 Å². The fourth-order valence-corrected chi connectivity index (χ4v) is 1.70. The highest BCUT2D eigenvalue weighted by Gasteiger charge is 2.35. The molecule has 0 saturated carbocycles. The zero-order chi connectivity index (χ0) is 14.8. The van der Waals surface area contributed by atoms with E-state index in [2.05, 4.69) is 5.32 Å². The van der Waals surface area contributed by atoms with E-state index in [4.69, 9.17) is 0 Å². The number of alkyl halides is 3. The number of hydrogen-bond acceptors (Lipinski definition) is 1. The monoisotopic (exact) mass is 287 g/mol. The Balaban J connectivity index is 2.20. The lowest BCUT2D eigenvalue weighted by atomic mass is 10.1. The molecule has 0 aromatic heterocycles. The highest BCUT2D eigenvalue weighted by atomic mass is 19.4. The van der Waals surface area contributed by atoms with E-state index in [1.165, 1.54) is 0 Å². The molecule has 0 aliphatic carbocycles. The Hall–Kier alpha value is -2.11. The van der Waals surface area contributed by atoms with Crippen LogP contribution in [0.4, 0.5) is 27.6 Å². The lowest BCUT2D eigenvalue weighted by Gasteiger charge is -2.12. The maximum absolute atomic E-state index is 13.6. The molecule has 0 fully saturated rings. The van der Waals surface area contributed by atoms with E-state index in [-0.39, 0.29) is 12.2 Å². The molecule has 0 aliphatic heterocycles. The minimum Gasteiger partial charge on any atom is -0.379 e. The highest BCUT2D eigenvalue weighted by molar-refractivity contribution is 5.48. The summed E-state index contributed by atoms with van der Waals surface area (Å²) in [4.78, 5) is 0. The number of benzene rings is 2. The van der Waals surface area contributed by atoms with Gasteiger partial charge >= 0.3 is 6.18 Å². The van der Waals surface area contributed by atoms with Crippen LogP contribution in [0.2, 0.25) is 0 Å². The summed E-state index contributed by atoms with van der Waals surface area (Å²) in [5.74, 6) is -3.42. The summed E-state index contributed by atoms with van der Waals surface area (Å²) in [6, 6.07) is 10.2. The maximum Gasteiger partial charge on any atom is 0.419 e. The van der Waals surface area contributed by atoms with Crippen molar-refractivity contribution < 1.29 is 22.0 Å². The molecule has 1 nitrogen and oxygen atoms in total. The molecule has 0 spiro atoms. The second kappa shape index (κ2) is 5.48. The quantitative estimate of drug-likeness (QED) is 0.814. The van der Waals surface area contributed by atoms with Gasteiger partial charge in [0.2, 0.25) is 0 Å². The third kappa shape index (κ3) is 3.07. The summed E-state index contributed by atoms with van der Waals surface area (Å²) in [5.41, 5.74) is -1.12. The van der Waals surface area contributed by atoms with Crippen molar-refractivity contribution in [3.63, 3.8) is 0 Å². The normalized spacial score (nSPS) is 11.4. The van der Waals surface area contributed by atoms with Crippen molar-refractivity contribution in [3.8, 4) is 0 Å². The minimum absolute atomic E-state index is 0.183. The van der Waals surface area contributed by atoms with E-state index in [1.54, 1.807) is 30.3 Å². The van der Waals surface area contributed by atoms with Gasteiger partial charge in [0.05, 0.1) is 11.3 Å². The molecular formula is C14H10F5N. The first-order valence-corrected chi connectivity index (χ1v) is 5.72. The molecule has 0 unspecified atom stereocenters. The molecule has 0 atom stereocenters. The van der Waals surface area contributed by atoms with Gasteiger partial charge < -0.3 is 5.32 Å². The standard InChI is InChI=1S/C14H10F5N/c15-12-10(14(17,18)19)6-7-11(13(12)16)20-8-9-4-2-1-3-5-9/h1-7,20H,8H2. The first-order chi connectivity index (χ1) is 9.39. The van der Waals surface area contributed by atoms with Crippen LogP contribution >= 0.6 is 0 Å². The van der Waals surface area contributed by atoms with Crippen LogP contribution < -0.4 is 5.32 Å². The number of nitrogens with one attached hydrogen (secondary N) is 1. The number of anilines is 1. The summed E-state index contributed by atoms with van der Waals surface area (Å²) in [5, 5.41) is 2.57. The number of rotatable bonds is 3. The van der Waals surface area contributed by atoms with Crippen molar-refractivity contribution in [2.75, 3.05) is 5.32 Å². The van der Waals surface area contributed by atoms with E-state index < -0.39 is 23.4 Å². The van der Waals surface area contributed by atoms with E-state index in [0.29, 0.717) is 6.07 Å². The molecule has 0 heterocycles. The van der Waals surface area contributed by atoms with Crippen molar-refractivity contribution in [2.24, 2.45) is 0 Å². The maximum atomic E-state index is 13.6. The van der Waals surface area contributed by atoms with Crippen LogP contribution in [0.3, 0.4) is 0 Å². The van der Waals surface area contributed by atoms with Gasteiger partial charge in [-0.2, -0.15) is 13.2 Å². The molecule has 2 aromatic carbocycles. The third-order valence-electron chi connectivity index (χ3n) is 2.71. The molecule has 2 rings (SSSR count). The molecule has 0 bridgehead atoms. The zero-order valence-corrected chi connectivity index (χ0v) is 10.1. The fourth-order valence-electron chi connectivity index (χ4n) is 1.70. The summed E-state index contributed by atoms with van der Waals surface area (Å²) in [7, 11) is 0. The van der Waals surface area contributed by atoms with E-state index >= 15 is 0 Å². The Morgan fingerprint density at radius 1 is 0.850 bits per heavy atom. The molecule has 6 heteroatoms. The smallest absolute Gasteiger partial charge is 0.379 e. The summed E-state index contributed by atoms with van der Waals surface area (Å²) < 4.78 is 64.1. The van der Waals surface area contributed by atoms with Gasteiger partial charge in [-0.1, -0.05) is 30.3 Å². The van der Waals surface area contributed by atoms with Gasteiger partial charge in [0, 0.05) is 6.54 Å². The fraction of sp³-hybridized carbons (Fsp3) is 0.143. The van der Waals surface area contributed by atoms with Gasteiger partial charge in [0.25, 0.3) is 0 Å². The third-order valence-corrected chi connectivity index (χ3v) is 2.71. The first-order valence-electron chi connectivity index (χ1n) is 5.72. The molecule has 0 saturated heterocycles. The van der Waals surface area contributed by atoms with Crippen molar-refractivity contribution >= 4 is 5.69 Å². The largest absolute Gasteiger partial charge is 0.419 e. The van der Waals surface area contributed by atoms with Gasteiger partial charge in [-0.15, -0.1) is 0 Å². The number of hydrogen-bond donors (Lipinski definition) is 1. The molecule has 20 heavy (non-hydrogen) atoms. The van der Waals surface area contributed by atoms with Crippen LogP contribution in [-0.2, 0) is 12.7 Å². The van der Waals surface area contributed by atoms with Crippen molar-refractivity contribution in [2.45, 2.75) is 12.7 Å². The van der Waals surface area contributed by atoms with E-state index in [9.17, 15) is 22.0 Å². The molecule has 1 N–H and O–H groups in total. The van der Waals surface area contributed by atoms with Gasteiger partial charge in [-0.05, 0) is 17.7 Å². The molecule has 0 aliphatic rings. The SMILES string of the molecule is Fc1c(NCc2ccccc2)ccc(C(F)(F)F)c1F.